The van der Waals surface area contributed by atoms with Gasteiger partial charge in [-0.25, -0.2) is 0 Å². The number of methoxy groups -OCH3 is 1. The second kappa shape index (κ2) is 10.5. The molecule has 0 saturated carbocycles. The molecule has 0 aromatic heterocycles. The van der Waals surface area contributed by atoms with Crippen molar-refractivity contribution < 1.29 is 14.0 Å². The van der Waals surface area contributed by atoms with Crippen LogP contribution in [-0.2, 0) is 14.0 Å². The van der Waals surface area contributed by atoms with Gasteiger partial charge in [-0.15, -0.1) is 0 Å². The van der Waals surface area contributed by atoms with E-state index >= 15 is 0 Å². The molecule has 5 heteroatoms. The highest BCUT2D eigenvalue weighted by atomic mass is 79.9. The van der Waals surface area contributed by atoms with E-state index in [9.17, 15) is 4.79 Å². The van der Waals surface area contributed by atoms with E-state index in [4.69, 9.17) is 9.16 Å². The van der Waals surface area contributed by atoms with Crippen LogP contribution in [0.2, 0.25) is 16.6 Å². The zero-order valence-electron chi connectivity index (χ0n) is 19.9. The highest BCUT2D eigenvalue weighted by molar-refractivity contribution is 9.10. The predicted molar refractivity (Wildman–Crippen MR) is 131 cm³/mol. The maximum atomic E-state index is 12.9. The standard InChI is InChI=1S/C25H39BrO3Si/c1-16(2)30(17(3)4,18(5)6)29-23-11-9-10-22(19(23)7)24(25(27)28-8)20-12-14-21(26)15-13-20/h12-18,22,24H,9-11H2,1-8H3/t22-,24+/m1/s1. The van der Waals surface area contributed by atoms with Gasteiger partial charge in [0, 0.05) is 16.8 Å². The van der Waals surface area contributed by atoms with E-state index < -0.39 is 8.32 Å². The molecule has 0 fully saturated rings. The van der Waals surface area contributed by atoms with Crippen LogP contribution in [0.25, 0.3) is 0 Å². The Morgan fingerprint density at radius 2 is 1.57 bits per heavy atom. The Balaban J connectivity index is 2.49. The Bertz CT molecular complexity index is 730. The fourth-order valence-electron chi connectivity index (χ4n) is 5.55. The molecule has 0 bridgehead atoms. The SMILES string of the molecule is COC(=O)[C@@H](c1ccc(Br)cc1)[C@@H]1CCCC(O[Si](C(C)C)(C(C)C)C(C)C)=C1C. The van der Waals surface area contributed by atoms with E-state index in [2.05, 4.69) is 64.4 Å². The van der Waals surface area contributed by atoms with Crippen molar-refractivity contribution in [2.24, 2.45) is 5.92 Å². The Hall–Kier alpha value is -1.07. The lowest BCUT2D eigenvalue weighted by Gasteiger charge is -2.45. The molecule has 30 heavy (non-hydrogen) atoms. The summed E-state index contributed by atoms with van der Waals surface area (Å²) in [5, 5.41) is 0. The molecule has 168 valence electrons. The minimum absolute atomic E-state index is 0.112. The Morgan fingerprint density at radius 3 is 2.03 bits per heavy atom. The summed E-state index contributed by atoms with van der Waals surface area (Å²) in [5.41, 5.74) is 3.83. The van der Waals surface area contributed by atoms with Crippen LogP contribution >= 0.6 is 15.9 Å². The first-order chi connectivity index (χ1) is 14.1. The monoisotopic (exact) mass is 494 g/mol. The van der Waals surface area contributed by atoms with Crippen molar-refractivity contribution in [3.05, 3.63) is 45.6 Å². The van der Waals surface area contributed by atoms with E-state index in [-0.39, 0.29) is 17.8 Å². The number of carbonyl (C=O) groups excluding carboxylic acids is 1. The van der Waals surface area contributed by atoms with Crippen LogP contribution in [0.4, 0.5) is 0 Å². The number of carbonyl (C=O) groups is 1. The summed E-state index contributed by atoms with van der Waals surface area (Å²) in [5.74, 6) is 0.791. The van der Waals surface area contributed by atoms with Crippen molar-refractivity contribution in [2.75, 3.05) is 7.11 Å². The van der Waals surface area contributed by atoms with Crippen molar-refractivity contribution in [3.8, 4) is 0 Å². The van der Waals surface area contributed by atoms with Gasteiger partial charge in [0.1, 0.15) is 0 Å². The van der Waals surface area contributed by atoms with Gasteiger partial charge in [0.15, 0.2) is 0 Å². The minimum Gasteiger partial charge on any atom is -0.546 e. The molecule has 3 nitrogen and oxygen atoms in total. The molecule has 0 unspecified atom stereocenters. The van der Waals surface area contributed by atoms with E-state index in [1.54, 1.807) is 0 Å². The molecular formula is C25H39BrO3Si. The molecule has 2 atom stereocenters. The van der Waals surface area contributed by atoms with Crippen molar-refractivity contribution in [3.63, 3.8) is 0 Å². The molecule has 0 heterocycles. The molecule has 1 aliphatic rings. The van der Waals surface area contributed by atoms with Crippen LogP contribution < -0.4 is 0 Å². The first kappa shape index (κ1) is 25.2. The molecule has 0 saturated heterocycles. The lowest BCUT2D eigenvalue weighted by molar-refractivity contribution is -0.143. The average Bonchev–Trinajstić information content (AvgIpc) is 2.68. The normalized spacial score (nSPS) is 18.9. The first-order valence-corrected chi connectivity index (χ1v) is 14.2. The smallest absolute Gasteiger partial charge is 0.313 e. The molecule has 0 N–H and O–H groups in total. The fraction of sp³-hybridized carbons (Fsp3) is 0.640. The van der Waals surface area contributed by atoms with Gasteiger partial charge in [-0.3, -0.25) is 4.79 Å². The third-order valence-corrected chi connectivity index (χ3v) is 13.6. The van der Waals surface area contributed by atoms with Crippen LogP contribution in [0, 0.1) is 5.92 Å². The van der Waals surface area contributed by atoms with Crippen LogP contribution in [0.5, 0.6) is 0 Å². The number of esters is 1. The molecule has 0 aliphatic heterocycles. The van der Waals surface area contributed by atoms with E-state index in [1.165, 1.54) is 12.7 Å². The first-order valence-electron chi connectivity index (χ1n) is 11.3. The van der Waals surface area contributed by atoms with Crippen molar-refractivity contribution >= 4 is 30.2 Å². The second-order valence-corrected chi connectivity index (χ2v) is 15.9. The van der Waals surface area contributed by atoms with Gasteiger partial charge >= 0.3 is 5.97 Å². The molecule has 1 aliphatic carbocycles. The van der Waals surface area contributed by atoms with E-state index in [0.717, 1.165) is 35.1 Å². The lowest BCUT2D eigenvalue weighted by Crippen LogP contribution is -2.48. The van der Waals surface area contributed by atoms with Gasteiger partial charge in [0.2, 0.25) is 0 Å². The summed E-state index contributed by atoms with van der Waals surface area (Å²) in [6.07, 6.45) is 2.99. The molecule has 0 spiro atoms. The summed E-state index contributed by atoms with van der Waals surface area (Å²) in [6, 6.07) is 8.06. The summed E-state index contributed by atoms with van der Waals surface area (Å²) in [7, 11) is -0.536. The highest BCUT2D eigenvalue weighted by Gasteiger charge is 2.48. The Labute approximate surface area is 192 Å². The van der Waals surface area contributed by atoms with E-state index in [0.29, 0.717) is 16.6 Å². The van der Waals surface area contributed by atoms with E-state index in [1.807, 2.05) is 24.3 Å². The molecule has 0 radical (unpaired) electrons. The Kier molecular flexibility index (Phi) is 8.81. The molecule has 0 amide bonds. The quantitative estimate of drug-likeness (QED) is 0.271. The van der Waals surface area contributed by atoms with Crippen LogP contribution in [0.15, 0.2) is 40.1 Å². The molecule has 2 rings (SSSR count). The predicted octanol–water partition coefficient (Wildman–Crippen LogP) is 7.97. The maximum Gasteiger partial charge on any atom is 0.313 e. The topological polar surface area (TPSA) is 35.5 Å². The second-order valence-electron chi connectivity index (χ2n) is 9.58. The van der Waals surface area contributed by atoms with Crippen molar-refractivity contribution in [1.29, 1.82) is 0 Å². The average molecular weight is 496 g/mol. The molecular weight excluding hydrogens is 456 g/mol. The van der Waals surface area contributed by atoms with Gasteiger partial charge in [-0.05, 0) is 59.7 Å². The van der Waals surface area contributed by atoms with Crippen LogP contribution in [0.1, 0.15) is 79.2 Å². The number of hydrogen-bond acceptors (Lipinski definition) is 3. The summed E-state index contributed by atoms with van der Waals surface area (Å²) in [6.45, 7) is 16.1. The largest absolute Gasteiger partial charge is 0.546 e. The number of ether oxygens (including phenoxy) is 1. The Morgan fingerprint density at radius 1 is 1.03 bits per heavy atom. The number of halogens is 1. The van der Waals surface area contributed by atoms with Gasteiger partial charge in [0.25, 0.3) is 8.32 Å². The van der Waals surface area contributed by atoms with Gasteiger partial charge in [-0.1, -0.05) is 69.6 Å². The number of allylic oxidation sites excluding steroid dienone is 2. The summed E-state index contributed by atoms with van der Waals surface area (Å²) < 4.78 is 13.3. The molecule has 1 aromatic rings. The highest BCUT2D eigenvalue weighted by Crippen LogP contribution is 2.47. The number of benzene rings is 1. The molecule has 1 aromatic carbocycles. The number of rotatable bonds is 8. The zero-order chi connectivity index (χ0) is 22.6. The summed E-state index contributed by atoms with van der Waals surface area (Å²) >= 11 is 3.50. The van der Waals surface area contributed by atoms with Gasteiger partial charge in [0.05, 0.1) is 18.8 Å². The fourth-order valence-corrected chi connectivity index (χ4v) is 11.2. The number of hydrogen-bond donors (Lipinski definition) is 0. The van der Waals surface area contributed by atoms with Crippen LogP contribution in [-0.4, -0.2) is 21.4 Å². The van der Waals surface area contributed by atoms with Crippen molar-refractivity contribution in [2.45, 2.75) is 90.3 Å². The van der Waals surface area contributed by atoms with Gasteiger partial charge in [-0.2, -0.15) is 0 Å². The van der Waals surface area contributed by atoms with Gasteiger partial charge < -0.3 is 9.16 Å². The zero-order valence-corrected chi connectivity index (χ0v) is 22.5. The maximum absolute atomic E-state index is 12.9. The lowest BCUT2D eigenvalue weighted by atomic mass is 9.75. The van der Waals surface area contributed by atoms with Crippen LogP contribution in [0.3, 0.4) is 0 Å². The third-order valence-electron chi connectivity index (χ3n) is 7.01. The summed E-state index contributed by atoms with van der Waals surface area (Å²) in [4.78, 5) is 12.9. The van der Waals surface area contributed by atoms with Crippen molar-refractivity contribution in [1.82, 2.24) is 0 Å². The third kappa shape index (κ3) is 5.04. The minimum atomic E-state index is -2.02.